The molecule has 0 bridgehead atoms. The van der Waals surface area contributed by atoms with E-state index in [1.165, 1.54) is 0 Å². The van der Waals surface area contributed by atoms with Crippen LogP contribution in [-0.4, -0.2) is 39.3 Å². The van der Waals surface area contributed by atoms with Gasteiger partial charge in [0.1, 0.15) is 5.75 Å². The predicted molar refractivity (Wildman–Crippen MR) is 84.7 cm³/mol. The molecule has 0 spiro atoms. The van der Waals surface area contributed by atoms with E-state index in [4.69, 9.17) is 15.2 Å². The number of anilines is 1. The molecular formula is C16H26N2O3. The van der Waals surface area contributed by atoms with Crippen molar-refractivity contribution in [2.24, 2.45) is 5.73 Å². The first kappa shape index (κ1) is 17.5. The van der Waals surface area contributed by atoms with Gasteiger partial charge in [0.05, 0.1) is 25.8 Å². The molecule has 0 aliphatic rings. The summed E-state index contributed by atoms with van der Waals surface area (Å²) in [6.45, 7) is 4.31. The average molecular weight is 294 g/mol. The largest absolute Gasteiger partial charge is 0.495 e. The molecule has 0 fully saturated rings. The summed E-state index contributed by atoms with van der Waals surface area (Å²) in [6.07, 6.45) is 2.07. The number of para-hydroxylation sites is 2. The van der Waals surface area contributed by atoms with Crippen LogP contribution in [0.2, 0.25) is 0 Å². The Morgan fingerprint density at radius 2 is 2.05 bits per heavy atom. The number of carbonyl (C=O) groups excluding carboxylic acids is 1. The van der Waals surface area contributed by atoms with Gasteiger partial charge >= 0.3 is 0 Å². The molecule has 0 saturated heterocycles. The van der Waals surface area contributed by atoms with Crippen LogP contribution in [0.15, 0.2) is 24.3 Å². The zero-order chi connectivity index (χ0) is 15.5. The van der Waals surface area contributed by atoms with Gasteiger partial charge in [0, 0.05) is 13.2 Å². The van der Waals surface area contributed by atoms with Crippen LogP contribution in [0.25, 0.3) is 0 Å². The molecule has 1 aromatic rings. The molecule has 118 valence electrons. The zero-order valence-electron chi connectivity index (χ0n) is 13.0. The second-order valence-electron chi connectivity index (χ2n) is 4.72. The van der Waals surface area contributed by atoms with Crippen LogP contribution in [0.5, 0.6) is 5.75 Å². The quantitative estimate of drug-likeness (QED) is 0.672. The number of nitrogens with zero attached hydrogens (tertiary/aromatic N) is 1. The summed E-state index contributed by atoms with van der Waals surface area (Å²) in [7, 11) is 1.61. The van der Waals surface area contributed by atoms with Gasteiger partial charge < -0.3 is 20.1 Å². The summed E-state index contributed by atoms with van der Waals surface area (Å²) < 4.78 is 10.7. The van der Waals surface area contributed by atoms with Gasteiger partial charge in [-0.05, 0) is 31.5 Å². The Hall–Kier alpha value is -1.59. The van der Waals surface area contributed by atoms with E-state index in [9.17, 15) is 4.79 Å². The summed E-state index contributed by atoms with van der Waals surface area (Å²) in [6, 6.07) is 7.53. The molecule has 0 radical (unpaired) electrons. The number of benzene rings is 1. The van der Waals surface area contributed by atoms with E-state index in [2.05, 4.69) is 0 Å². The third kappa shape index (κ3) is 5.73. The van der Waals surface area contributed by atoms with Crippen LogP contribution < -0.4 is 15.4 Å². The predicted octanol–water partition coefficient (Wildman–Crippen LogP) is 2.19. The first-order valence-corrected chi connectivity index (χ1v) is 7.45. The summed E-state index contributed by atoms with van der Waals surface area (Å²) in [5.41, 5.74) is 6.36. The molecule has 1 amide bonds. The lowest BCUT2D eigenvalue weighted by atomic mass is 10.2. The summed E-state index contributed by atoms with van der Waals surface area (Å²) >= 11 is 0. The number of hydrogen-bond acceptors (Lipinski definition) is 4. The first-order valence-electron chi connectivity index (χ1n) is 7.45. The standard InChI is InChI=1S/C16H26N2O3/c1-3-12-21-13-9-16(19)18(11-6-10-17)14-7-4-5-8-15(14)20-2/h4-5,7-8H,3,6,9-13,17H2,1-2H3. The fourth-order valence-electron chi connectivity index (χ4n) is 2.02. The topological polar surface area (TPSA) is 64.8 Å². The van der Waals surface area contributed by atoms with Gasteiger partial charge in [0.25, 0.3) is 0 Å². The highest BCUT2D eigenvalue weighted by molar-refractivity contribution is 5.94. The normalized spacial score (nSPS) is 10.4. The molecule has 5 nitrogen and oxygen atoms in total. The molecule has 5 heteroatoms. The Labute approximate surface area is 127 Å². The van der Waals surface area contributed by atoms with Crippen molar-refractivity contribution in [2.45, 2.75) is 26.2 Å². The summed E-state index contributed by atoms with van der Waals surface area (Å²) in [5, 5.41) is 0. The van der Waals surface area contributed by atoms with Gasteiger partial charge in [-0.25, -0.2) is 0 Å². The third-order valence-corrected chi connectivity index (χ3v) is 3.07. The molecule has 2 N–H and O–H groups in total. The van der Waals surface area contributed by atoms with Gasteiger partial charge in [-0.1, -0.05) is 19.1 Å². The Kier molecular flexibility index (Phi) is 8.47. The Balaban J connectivity index is 2.76. The maximum Gasteiger partial charge on any atom is 0.229 e. The summed E-state index contributed by atoms with van der Waals surface area (Å²) in [4.78, 5) is 14.2. The van der Waals surface area contributed by atoms with E-state index >= 15 is 0 Å². The highest BCUT2D eigenvalue weighted by Crippen LogP contribution is 2.28. The highest BCUT2D eigenvalue weighted by Gasteiger charge is 2.18. The molecule has 0 aliphatic carbocycles. The fraction of sp³-hybridized carbons (Fsp3) is 0.562. The van der Waals surface area contributed by atoms with Crippen molar-refractivity contribution in [1.29, 1.82) is 0 Å². The molecule has 0 aromatic heterocycles. The second-order valence-corrected chi connectivity index (χ2v) is 4.72. The van der Waals surface area contributed by atoms with Crippen LogP contribution in [0, 0.1) is 0 Å². The van der Waals surface area contributed by atoms with E-state index < -0.39 is 0 Å². The molecule has 0 atom stereocenters. The maximum atomic E-state index is 12.4. The minimum absolute atomic E-state index is 0.0315. The van der Waals surface area contributed by atoms with E-state index in [-0.39, 0.29) is 5.91 Å². The Morgan fingerprint density at radius 1 is 1.29 bits per heavy atom. The lowest BCUT2D eigenvalue weighted by Crippen LogP contribution is -2.33. The number of nitrogens with two attached hydrogens (primary N) is 1. The second kappa shape index (κ2) is 10.2. The highest BCUT2D eigenvalue weighted by atomic mass is 16.5. The molecule has 0 aliphatic heterocycles. The number of hydrogen-bond donors (Lipinski definition) is 1. The Morgan fingerprint density at radius 3 is 2.71 bits per heavy atom. The van der Waals surface area contributed by atoms with Crippen LogP contribution in [0.1, 0.15) is 26.2 Å². The molecule has 1 aromatic carbocycles. The molecule has 1 rings (SSSR count). The zero-order valence-corrected chi connectivity index (χ0v) is 13.0. The van der Waals surface area contributed by atoms with E-state index in [1.54, 1.807) is 12.0 Å². The molecular weight excluding hydrogens is 268 g/mol. The van der Waals surface area contributed by atoms with E-state index in [1.807, 2.05) is 31.2 Å². The number of methoxy groups -OCH3 is 1. The van der Waals surface area contributed by atoms with Crippen LogP contribution in [-0.2, 0) is 9.53 Å². The molecule has 21 heavy (non-hydrogen) atoms. The van der Waals surface area contributed by atoms with E-state index in [0.717, 1.165) is 18.5 Å². The Bertz CT molecular complexity index is 424. The SMILES string of the molecule is CCCOCCC(=O)N(CCCN)c1ccccc1OC. The van der Waals surface area contributed by atoms with E-state index in [0.29, 0.717) is 38.5 Å². The number of ether oxygens (including phenoxy) is 2. The smallest absolute Gasteiger partial charge is 0.229 e. The average Bonchev–Trinajstić information content (AvgIpc) is 2.52. The lowest BCUT2D eigenvalue weighted by molar-refractivity contribution is -0.119. The van der Waals surface area contributed by atoms with Gasteiger partial charge in [0.15, 0.2) is 0 Å². The lowest BCUT2D eigenvalue weighted by Gasteiger charge is -2.24. The van der Waals surface area contributed by atoms with Crippen molar-refractivity contribution in [3.63, 3.8) is 0 Å². The number of carbonyl (C=O) groups is 1. The van der Waals surface area contributed by atoms with Gasteiger partial charge in [0.2, 0.25) is 5.91 Å². The fourth-order valence-corrected chi connectivity index (χ4v) is 2.02. The van der Waals surface area contributed by atoms with Crippen LogP contribution in [0.3, 0.4) is 0 Å². The minimum Gasteiger partial charge on any atom is -0.495 e. The maximum absolute atomic E-state index is 12.4. The van der Waals surface area contributed by atoms with Crippen LogP contribution >= 0.6 is 0 Å². The number of amides is 1. The van der Waals surface area contributed by atoms with Crippen molar-refractivity contribution in [2.75, 3.05) is 38.3 Å². The molecule has 0 heterocycles. The van der Waals surface area contributed by atoms with Gasteiger partial charge in [-0.3, -0.25) is 4.79 Å². The van der Waals surface area contributed by atoms with Crippen molar-refractivity contribution in [1.82, 2.24) is 0 Å². The minimum atomic E-state index is 0.0315. The van der Waals surface area contributed by atoms with Gasteiger partial charge in [-0.2, -0.15) is 0 Å². The first-order chi connectivity index (χ1) is 10.2. The summed E-state index contributed by atoms with van der Waals surface area (Å²) in [5.74, 6) is 0.724. The molecule has 0 saturated carbocycles. The van der Waals surface area contributed by atoms with Crippen molar-refractivity contribution < 1.29 is 14.3 Å². The van der Waals surface area contributed by atoms with Crippen molar-refractivity contribution in [3.8, 4) is 5.75 Å². The molecule has 0 unspecified atom stereocenters. The monoisotopic (exact) mass is 294 g/mol. The number of rotatable bonds is 10. The van der Waals surface area contributed by atoms with Crippen LogP contribution in [0.4, 0.5) is 5.69 Å². The van der Waals surface area contributed by atoms with Crippen molar-refractivity contribution in [3.05, 3.63) is 24.3 Å². The van der Waals surface area contributed by atoms with Crippen molar-refractivity contribution >= 4 is 11.6 Å². The van der Waals surface area contributed by atoms with Gasteiger partial charge in [-0.15, -0.1) is 0 Å². The third-order valence-electron chi connectivity index (χ3n) is 3.07.